The van der Waals surface area contributed by atoms with Crippen LogP contribution in [0, 0.1) is 18.4 Å². The zero-order valence-electron chi connectivity index (χ0n) is 19.0. The maximum Gasteiger partial charge on any atom is 0.272 e. The number of carbonyl (C=O) groups excluding carboxylic acids is 2. The predicted octanol–water partition coefficient (Wildman–Crippen LogP) is 3.29. The molecular formula is C26H23N5O3S. The lowest BCUT2D eigenvalue weighted by Crippen LogP contribution is -2.46. The number of benzene rings is 2. The minimum Gasteiger partial charge on any atom is -0.391 e. The largest absolute Gasteiger partial charge is 0.391 e. The van der Waals surface area contributed by atoms with Crippen molar-refractivity contribution < 1.29 is 14.7 Å². The molecule has 5 rings (SSSR count). The molecule has 176 valence electrons. The van der Waals surface area contributed by atoms with Gasteiger partial charge in [-0.1, -0.05) is 42.5 Å². The lowest BCUT2D eigenvalue weighted by atomic mass is 10.1. The van der Waals surface area contributed by atoms with E-state index in [2.05, 4.69) is 10.3 Å². The number of hydrogen-bond acceptors (Lipinski definition) is 6. The fourth-order valence-electron chi connectivity index (χ4n) is 4.51. The zero-order valence-corrected chi connectivity index (χ0v) is 19.8. The molecule has 1 aliphatic rings. The van der Waals surface area contributed by atoms with Crippen LogP contribution < -0.4 is 5.32 Å². The van der Waals surface area contributed by atoms with Crippen LogP contribution in [0.2, 0.25) is 0 Å². The first-order chi connectivity index (χ1) is 17.0. The highest BCUT2D eigenvalue weighted by molar-refractivity contribution is 7.13. The van der Waals surface area contributed by atoms with Crippen LogP contribution in [-0.4, -0.2) is 50.1 Å². The standard InChI is InChI=1S/C26H23N5O3S/c1-16-24(35-15-29-16)18-8-6-17(7-9-18)12-28-25(33)22-11-20(32)13-30(22)26(34)23-10-19-4-2-3-5-21(19)31(23)14-27/h2-10,15,20,22,32H,11-13H2,1H3,(H,28,33)/t20-,22+/m1/s1. The van der Waals surface area contributed by atoms with Crippen molar-refractivity contribution in [2.75, 3.05) is 6.54 Å². The van der Waals surface area contributed by atoms with Gasteiger partial charge in [0.25, 0.3) is 5.91 Å². The molecule has 0 unspecified atom stereocenters. The summed E-state index contributed by atoms with van der Waals surface area (Å²) in [7, 11) is 0. The van der Waals surface area contributed by atoms with Crippen LogP contribution in [0.25, 0.3) is 21.3 Å². The minimum atomic E-state index is -0.818. The number of β-amino-alcohol motifs (C(OH)–C–C–N with tert-alkyl or cyclic N) is 1. The van der Waals surface area contributed by atoms with Crippen molar-refractivity contribution in [2.24, 2.45) is 0 Å². The van der Waals surface area contributed by atoms with Crippen LogP contribution in [0.5, 0.6) is 0 Å². The summed E-state index contributed by atoms with van der Waals surface area (Å²) in [6.07, 6.45) is 1.38. The summed E-state index contributed by atoms with van der Waals surface area (Å²) >= 11 is 1.58. The van der Waals surface area contributed by atoms with Gasteiger partial charge in [0.2, 0.25) is 5.91 Å². The highest BCUT2D eigenvalue weighted by Gasteiger charge is 2.40. The average molecular weight is 486 g/mol. The molecule has 3 heterocycles. The molecule has 1 aliphatic heterocycles. The number of aliphatic hydroxyl groups is 1. The van der Waals surface area contributed by atoms with Gasteiger partial charge < -0.3 is 15.3 Å². The number of nitriles is 1. The van der Waals surface area contributed by atoms with E-state index in [4.69, 9.17) is 0 Å². The van der Waals surface area contributed by atoms with Gasteiger partial charge in [0.1, 0.15) is 11.7 Å². The molecular weight excluding hydrogens is 462 g/mol. The first-order valence-electron chi connectivity index (χ1n) is 11.2. The molecule has 2 aromatic carbocycles. The van der Waals surface area contributed by atoms with Crippen LogP contribution in [0.4, 0.5) is 0 Å². The van der Waals surface area contributed by atoms with Crippen molar-refractivity contribution in [2.45, 2.75) is 32.0 Å². The molecule has 0 aliphatic carbocycles. The van der Waals surface area contributed by atoms with Gasteiger partial charge in [0.05, 0.1) is 27.7 Å². The number of aliphatic hydroxyl groups excluding tert-OH is 1. The van der Waals surface area contributed by atoms with Crippen LogP contribution in [0.3, 0.4) is 0 Å². The van der Waals surface area contributed by atoms with Gasteiger partial charge in [0, 0.05) is 24.9 Å². The van der Waals surface area contributed by atoms with Crippen LogP contribution in [-0.2, 0) is 11.3 Å². The topological polar surface area (TPSA) is 111 Å². The van der Waals surface area contributed by atoms with Gasteiger partial charge in [-0.3, -0.25) is 9.59 Å². The third-order valence-corrected chi connectivity index (χ3v) is 7.28. The lowest BCUT2D eigenvalue weighted by Gasteiger charge is -2.23. The summed E-state index contributed by atoms with van der Waals surface area (Å²) < 4.78 is 1.27. The smallest absolute Gasteiger partial charge is 0.272 e. The van der Waals surface area contributed by atoms with Crippen LogP contribution in [0.15, 0.2) is 60.1 Å². The van der Waals surface area contributed by atoms with Crippen molar-refractivity contribution in [3.05, 3.63) is 77.1 Å². The molecule has 0 saturated carbocycles. The zero-order chi connectivity index (χ0) is 24.5. The molecule has 2 atom stereocenters. The van der Waals surface area contributed by atoms with E-state index in [9.17, 15) is 20.0 Å². The lowest BCUT2D eigenvalue weighted by molar-refractivity contribution is -0.125. The molecule has 1 saturated heterocycles. The van der Waals surface area contributed by atoms with Crippen molar-refractivity contribution in [3.8, 4) is 16.6 Å². The summed E-state index contributed by atoms with van der Waals surface area (Å²) in [6.45, 7) is 2.31. The predicted molar refractivity (Wildman–Crippen MR) is 133 cm³/mol. The summed E-state index contributed by atoms with van der Waals surface area (Å²) in [4.78, 5) is 33.2. The Balaban J connectivity index is 1.30. The number of para-hydroxylation sites is 1. The van der Waals surface area contributed by atoms with Gasteiger partial charge in [0.15, 0.2) is 6.19 Å². The second-order valence-corrected chi connectivity index (χ2v) is 9.42. The Morgan fingerprint density at radius 1 is 1.23 bits per heavy atom. The molecule has 1 fully saturated rings. The van der Waals surface area contributed by atoms with Crippen molar-refractivity contribution in [1.82, 2.24) is 19.8 Å². The Kier molecular flexibility index (Phi) is 6.07. The summed E-state index contributed by atoms with van der Waals surface area (Å²) in [5.41, 5.74) is 5.59. The third kappa shape index (κ3) is 4.30. The second-order valence-electron chi connectivity index (χ2n) is 8.57. The van der Waals surface area contributed by atoms with Gasteiger partial charge in [-0.15, -0.1) is 11.3 Å². The third-order valence-electron chi connectivity index (χ3n) is 6.30. The number of aryl methyl sites for hydroxylation is 1. The number of fused-ring (bicyclic) bond motifs is 1. The van der Waals surface area contributed by atoms with Crippen LogP contribution in [0.1, 0.15) is 28.2 Å². The van der Waals surface area contributed by atoms with Gasteiger partial charge in [-0.05, 0) is 30.2 Å². The number of aromatic nitrogens is 2. The Morgan fingerprint density at radius 3 is 2.71 bits per heavy atom. The molecule has 2 aromatic heterocycles. The van der Waals surface area contributed by atoms with E-state index < -0.39 is 18.1 Å². The fourth-order valence-corrected chi connectivity index (χ4v) is 5.33. The van der Waals surface area contributed by atoms with E-state index in [-0.39, 0.29) is 24.6 Å². The average Bonchev–Trinajstić information content (AvgIpc) is 3.58. The number of nitrogens with zero attached hydrogens (tertiary/aromatic N) is 4. The van der Waals surface area contributed by atoms with Gasteiger partial charge in [-0.2, -0.15) is 5.26 Å². The van der Waals surface area contributed by atoms with Gasteiger partial charge in [-0.25, -0.2) is 9.55 Å². The van der Waals surface area contributed by atoms with Crippen LogP contribution >= 0.6 is 11.3 Å². The van der Waals surface area contributed by atoms with Gasteiger partial charge >= 0.3 is 0 Å². The molecule has 8 nitrogen and oxygen atoms in total. The molecule has 2 N–H and O–H groups in total. The number of thiazole rings is 1. The van der Waals surface area contributed by atoms with E-state index in [0.717, 1.165) is 27.1 Å². The molecule has 35 heavy (non-hydrogen) atoms. The number of nitrogens with one attached hydrogen (secondary N) is 1. The number of likely N-dealkylation sites (tertiary alicyclic amines) is 1. The quantitative estimate of drug-likeness (QED) is 0.451. The fraction of sp³-hybridized carbons (Fsp3) is 0.231. The first kappa shape index (κ1) is 22.8. The van der Waals surface area contributed by atoms with E-state index in [0.29, 0.717) is 12.1 Å². The molecule has 4 aromatic rings. The van der Waals surface area contributed by atoms with Crippen molar-refractivity contribution in [3.63, 3.8) is 0 Å². The minimum absolute atomic E-state index is 0.0345. The molecule has 0 spiro atoms. The first-order valence-corrected chi connectivity index (χ1v) is 12.1. The highest BCUT2D eigenvalue weighted by Crippen LogP contribution is 2.28. The maximum atomic E-state index is 13.4. The van der Waals surface area contributed by atoms with E-state index >= 15 is 0 Å². The maximum absolute atomic E-state index is 13.4. The summed E-state index contributed by atoms with van der Waals surface area (Å²) in [5.74, 6) is -0.791. The van der Waals surface area contributed by atoms with Crippen molar-refractivity contribution in [1.29, 1.82) is 5.26 Å². The molecule has 9 heteroatoms. The van der Waals surface area contributed by atoms with E-state index in [1.54, 1.807) is 29.5 Å². The number of amides is 2. The summed E-state index contributed by atoms with van der Waals surface area (Å²) in [5, 5.41) is 23.6. The Labute approximate surface area is 206 Å². The number of hydrogen-bond donors (Lipinski definition) is 2. The Morgan fingerprint density at radius 2 is 2.00 bits per heavy atom. The Hall–Kier alpha value is -4.00. The SMILES string of the molecule is Cc1ncsc1-c1ccc(CNC(=O)[C@@H]2C[C@@H](O)CN2C(=O)c2cc3ccccc3n2C#N)cc1. The monoisotopic (exact) mass is 485 g/mol. The van der Waals surface area contributed by atoms with E-state index in [1.165, 1.54) is 9.47 Å². The normalized spacial score (nSPS) is 17.5. The summed E-state index contributed by atoms with van der Waals surface area (Å²) in [6, 6.07) is 15.9. The molecule has 2 amide bonds. The Bertz CT molecular complexity index is 1450. The van der Waals surface area contributed by atoms with Crippen molar-refractivity contribution >= 4 is 34.1 Å². The number of carbonyl (C=O) groups is 2. The number of rotatable bonds is 5. The second kappa shape index (κ2) is 9.33. The molecule has 0 radical (unpaired) electrons. The molecule has 0 bridgehead atoms. The highest BCUT2D eigenvalue weighted by atomic mass is 32.1. The van der Waals surface area contributed by atoms with E-state index in [1.807, 2.05) is 55.0 Å².